The van der Waals surface area contributed by atoms with Crippen LogP contribution in [0.25, 0.3) is 0 Å². The summed E-state index contributed by atoms with van der Waals surface area (Å²) in [5, 5.41) is 0.421. The Kier molecular flexibility index (Phi) is 5.16. The van der Waals surface area contributed by atoms with E-state index >= 15 is 0 Å². The molecule has 146 valence electrons. The SMILES string of the molecule is Cc1cccc(N2C(=NC(=O)COc3ccccc3)SC3CS(=O)(=O)CC32)c1. The number of ether oxygens (including phenoxy) is 1. The predicted octanol–water partition coefficient (Wildman–Crippen LogP) is 2.68. The zero-order valence-electron chi connectivity index (χ0n) is 15.3. The fraction of sp³-hybridized carbons (Fsp3) is 0.300. The number of carbonyl (C=O) groups excluding carboxylic acids is 1. The second-order valence-electron chi connectivity index (χ2n) is 6.90. The summed E-state index contributed by atoms with van der Waals surface area (Å²) < 4.78 is 29.7. The van der Waals surface area contributed by atoms with E-state index in [4.69, 9.17) is 4.74 Å². The number of aryl methyl sites for hydroxylation is 1. The Morgan fingerprint density at radius 1 is 1.18 bits per heavy atom. The molecule has 2 fully saturated rings. The number of aliphatic imine (C=N–C) groups is 1. The number of rotatable bonds is 4. The Morgan fingerprint density at radius 2 is 1.96 bits per heavy atom. The quantitative estimate of drug-likeness (QED) is 0.763. The highest BCUT2D eigenvalue weighted by molar-refractivity contribution is 8.16. The summed E-state index contributed by atoms with van der Waals surface area (Å²) >= 11 is 1.36. The van der Waals surface area contributed by atoms with Crippen molar-refractivity contribution in [3.05, 3.63) is 60.2 Å². The molecule has 2 aromatic carbocycles. The van der Waals surface area contributed by atoms with Gasteiger partial charge in [-0.3, -0.25) is 4.79 Å². The number of amidine groups is 1. The maximum Gasteiger partial charge on any atom is 0.285 e. The molecule has 0 aromatic heterocycles. The first-order chi connectivity index (χ1) is 13.4. The molecule has 2 aromatic rings. The molecule has 1 amide bonds. The van der Waals surface area contributed by atoms with Crippen molar-refractivity contribution in [2.45, 2.75) is 18.2 Å². The number of amides is 1. The summed E-state index contributed by atoms with van der Waals surface area (Å²) in [6, 6.07) is 16.7. The lowest BCUT2D eigenvalue weighted by atomic mass is 10.1. The van der Waals surface area contributed by atoms with Crippen LogP contribution < -0.4 is 9.64 Å². The zero-order chi connectivity index (χ0) is 19.7. The molecule has 0 radical (unpaired) electrons. The van der Waals surface area contributed by atoms with E-state index in [1.807, 2.05) is 54.3 Å². The molecule has 0 saturated carbocycles. The van der Waals surface area contributed by atoms with Crippen molar-refractivity contribution in [3.63, 3.8) is 0 Å². The number of thioether (sulfide) groups is 1. The van der Waals surface area contributed by atoms with E-state index in [1.54, 1.807) is 12.1 Å². The van der Waals surface area contributed by atoms with E-state index in [0.717, 1.165) is 11.3 Å². The normalized spacial score (nSPS) is 24.3. The number of fused-ring (bicyclic) bond motifs is 1. The highest BCUT2D eigenvalue weighted by Gasteiger charge is 2.49. The third kappa shape index (κ3) is 4.07. The van der Waals surface area contributed by atoms with Crippen molar-refractivity contribution < 1.29 is 17.9 Å². The van der Waals surface area contributed by atoms with E-state index in [-0.39, 0.29) is 29.4 Å². The fourth-order valence-electron chi connectivity index (χ4n) is 3.44. The van der Waals surface area contributed by atoms with E-state index in [1.165, 1.54) is 11.8 Å². The van der Waals surface area contributed by atoms with E-state index in [0.29, 0.717) is 10.9 Å². The van der Waals surface area contributed by atoms with Crippen molar-refractivity contribution >= 4 is 38.4 Å². The van der Waals surface area contributed by atoms with E-state index in [9.17, 15) is 13.2 Å². The van der Waals surface area contributed by atoms with Crippen molar-refractivity contribution in [3.8, 4) is 5.75 Å². The van der Waals surface area contributed by atoms with Crippen LogP contribution in [0.15, 0.2) is 59.6 Å². The van der Waals surface area contributed by atoms with Gasteiger partial charge < -0.3 is 9.64 Å². The molecule has 0 N–H and O–H groups in total. The van der Waals surface area contributed by atoms with Gasteiger partial charge in [0.25, 0.3) is 5.91 Å². The molecule has 0 aliphatic carbocycles. The summed E-state index contributed by atoms with van der Waals surface area (Å²) in [7, 11) is -3.08. The molecule has 2 heterocycles. The Bertz CT molecular complexity index is 1020. The summed E-state index contributed by atoms with van der Waals surface area (Å²) in [5.41, 5.74) is 1.91. The van der Waals surface area contributed by atoms with Crippen molar-refractivity contribution in [1.82, 2.24) is 0 Å². The topological polar surface area (TPSA) is 76.0 Å². The van der Waals surface area contributed by atoms with Gasteiger partial charge in [-0.2, -0.15) is 4.99 Å². The van der Waals surface area contributed by atoms with Crippen molar-refractivity contribution in [2.24, 2.45) is 4.99 Å². The number of sulfone groups is 1. The van der Waals surface area contributed by atoms with E-state index < -0.39 is 15.7 Å². The van der Waals surface area contributed by atoms with Gasteiger partial charge in [0.2, 0.25) is 0 Å². The first kappa shape index (κ1) is 19.0. The minimum Gasteiger partial charge on any atom is -0.484 e. The van der Waals surface area contributed by atoms with Crippen LogP contribution >= 0.6 is 11.8 Å². The molecular formula is C20H20N2O4S2. The minimum absolute atomic E-state index is 0.0757. The van der Waals surface area contributed by atoms with Crippen molar-refractivity contribution in [1.29, 1.82) is 0 Å². The predicted molar refractivity (Wildman–Crippen MR) is 112 cm³/mol. The molecule has 2 saturated heterocycles. The molecule has 28 heavy (non-hydrogen) atoms. The Hall–Kier alpha value is -2.32. The van der Waals surface area contributed by atoms with Crippen LogP contribution in [-0.2, 0) is 14.6 Å². The number of hydrogen-bond acceptors (Lipinski definition) is 5. The van der Waals surface area contributed by atoms with Crippen LogP contribution in [0.1, 0.15) is 5.56 Å². The monoisotopic (exact) mass is 416 g/mol. The highest BCUT2D eigenvalue weighted by Crippen LogP contribution is 2.41. The lowest BCUT2D eigenvalue weighted by Crippen LogP contribution is -2.37. The van der Waals surface area contributed by atoms with Crippen LogP contribution in [0, 0.1) is 6.92 Å². The first-order valence-corrected chi connectivity index (χ1v) is 11.6. The Morgan fingerprint density at radius 3 is 2.71 bits per heavy atom. The summed E-state index contributed by atoms with van der Waals surface area (Å²) in [6.07, 6.45) is 0. The number of benzene rings is 2. The maximum absolute atomic E-state index is 12.4. The van der Waals surface area contributed by atoms with Gasteiger partial charge in [0.1, 0.15) is 5.75 Å². The molecule has 2 aliphatic rings. The molecule has 2 aliphatic heterocycles. The summed E-state index contributed by atoms with van der Waals surface area (Å²) in [5.74, 6) is 0.394. The third-order valence-corrected chi connectivity index (χ3v) is 7.88. The van der Waals surface area contributed by atoms with Gasteiger partial charge in [0, 0.05) is 10.9 Å². The third-order valence-electron chi connectivity index (χ3n) is 4.67. The van der Waals surface area contributed by atoms with Gasteiger partial charge in [-0.15, -0.1) is 0 Å². The van der Waals surface area contributed by atoms with Crippen LogP contribution in [-0.4, -0.2) is 48.9 Å². The van der Waals surface area contributed by atoms with Crippen molar-refractivity contribution in [2.75, 3.05) is 23.0 Å². The van der Waals surface area contributed by atoms with Gasteiger partial charge in [-0.05, 0) is 36.8 Å². The summed E-state index contributed by atoms with van der Waals surface area (Å²) in [4.78, 5) is 18.5. The van der Waals surface area contributed by atoms with Gasteiger partial charge in [-0.25, -0.2) is 8.42 Å². The number of nitrogens with zero attached hydrogens (tertiary/aromatic N) is 2. The molecule has 2 atom stereocenters. The lowest BCUT2D eigenvalue weighted by molar-refractivity contribution is -0.119. The highest BCUT2D eigenvalue weighted by atomic mass is 32.2. The number of anilines is 1. The summed E-state index contributed by atoms with van der Waals surface area (Å²) in [6.45, 7) is 1.81. The molecule has 2 unspecified atom stereocenters. The zero-order valence-corrected chi connectivity index (χ0v) is 16.9. The van der Waals surface area contributed by atoms with E-state index in [2.05, 4.69) is 4.99 Å². The number of hydrogen-bond donors (Lipinski definition) is 0. The molecule has 0 bridgehead atoms. The van der Waals surface area contributed by atoms with Gasteiger partial charge in [0.05, 0.1) is 17.5 Å². The lowest BCUT2D eigenvalue weighted by Gasteiger charge is -2.24. The minimum atomic E-state index is -3.08. The van der Waals surface area contributed by atoms with Gasteiger partial charge >= 0.3 is 0 Å². The van der Waals surface area contributed by atoms with Gasteiger partial charge in [-0.1, -0.05) is 42.1 Å². The number of carbonyl (C=O) groups is 1. The Balaban J connectivity index is 1.58. The fourth-order valence-corrected chi connectivity index (χ4v) is 7.38. The molecular weight excluding hydrogens is 396 g/mol. The van der Waals surface area contributed by atoms with Crippen LogP contribution in [0.2, 0.25) is 0 Å². The average molecular weight is 417 g/mol. The second kappa shape index (κ2) is 7.60. The van der Waals surface area contributed by atoms with Crippen LogP contribution in [0.3, 0.4) is 0 Å². The largest absolute Gasteiger partial charge is 0.484 e. The molecule has 4 rings (SSSR count). The van der Waals surface area contributed by atoms with Gasteiger partial charge in [0.15, 0.2) is 21.6 Å². The van der Waals surface area contributed by atoms with Crippen LogP contribution in [0.4, 0.5) is 5.69 Å². The Labute approximate surface area is 168 Å². The number of para-hydroxylation sites is 1. The maximum atomic E-state index is 12.4. The second-order valence-corrected chi connectivity index (χ2v) is 10.3. The van der Waals surface area contributed by atoms with Crippen LogP contribution in [0.5, 0.6) is 5.75 Å². The average Bonchev–Trinajstić information content (AvgIpc) is 3.11. The first-order valence-electron chi connectivity index (χ1n) is 8.94. The molecule has 0 spiro atoms. The standard InChI is InChI=1S/C20H20N2O4S2/c1-14-6-5-7-15(10-14)22-17-12-28(24,25)13-18(17)27-20(22)21-19(23)11-26-16-8-3-2-4-9-16/h2-10,17-18H,11-13H2,1H3. The molecule has 8 heteroatoms. The molecule has 6 nitrogen and oxygen atoms in total. The smallest absolute Gasteiger partial charge is 0.285 e.